The van der Waals surface area contributed by atoms with Crippen LogP contribution >= 0.6 is 34.8 Å². The van der Waals surface area contributed by atoms with Crippen LogP contribution in [0.2, 0.25) is 15.1 Å². The molecule has 6 nitrogen and oxygen atoms in total. The molecule has 2 aromatic heterocycles. The van der Waals surface area contributed by atoms with E-state index in [1.807, 2.05) is 0 Å². The minimum Gasteiger partial charge on any atom is -0.321 e. The molecule has 1 aromatic carbocycles. The maximum absolute atomic E-state index is 12.1. The van der Waals surface area contributed by atoms with Gasteiger partial charge in [0.25, 0.3) is 5.56 Å². The number of nitrogens with zero attached hydrogens (tertiary/aromatic N) is 3. The lowest BCUT2D eigenvalue weighted by Crippen LogP contribution is -2.10. The summed E-state index contributed by atoms with van der Waals surface area (Å²) in [6, 6.07) is 6.54. The Morgan fingerprint density at radius 2 is 1.71 bits per heavy atom. The molecule has 0 fully saturated rings. The second-order valence-corrected chi connectivity index (χ2v) is 5.24. The van der Waals surface area contributed by atoms with Crippen LogP contribution in [0.15, 0.2) is 29.1 Å². The van der Waals surface area contributed by atoms with Gasteiger partial charge in [0.1, 0.15) is 0 Å². The highest BCUT2D eigenvalue weighted by molar-refractivity contribution is 6.49. The number of rotatable bonds is 2. The molecule has 0 aliphatic rings. The van der Waals surface area contributed by atoms with Gasteiger partial charge in [0.05, 0.1) is 20.6 Å². The van der Waals surface area contributed by atoms with E-state index in [2.05, 4.69) is 25.6 Å². The molecule has 2 heterocycles. The number of aromatic amines is 2. The van der Waals surface area contributed by atoms with Crippen LogP contribution in [-0.2, 0) is 0 Å². The van der Waals surface area contributed by atoms with Crippen molar-refractivity contribution >= 4 is 34.8 Å². The van der Waals surface area contributed by atoms with Crippen LogP contribution < -0.4 is 5.56 Å². The Labute approximate surface area is 133 Å². The normalized spacial score (nSPS) is 10.8. The number of tetrazole rings is 1. The molecule has 0 saturated carbocycles. The Balaban J connectivity index is 2.12. The third kappa shape index (κ3) is 2.53. The first-order chi connectivity index (χ1) is 10.1. The standard InChI is InChI=1S/C12H6Cl3N5O/c13-7-3-1-5(9(14)10(7)15)8-4-2-6(12(21)16-8)11-17-19-20-18-11/h1-4H,(H,16,21)(H,17,18,19,20). The number of benzene rings is 1. The Morgan fingerprint density at radius 1 is 0.952 bits per heavy atom. The van der Waals surface area contributed by atoms with Crippen molar-refractivity contribution in [1.82, 2.24) is 25.6 Å². The van der Waals surface area contributed by atoms with Gasteiger partial charge >= 0.3 is 0 Å². The Morgan fingerprint density at radius 3 is 2.38 bits per heavy atom. The second-order valence-electron chi connectivity index (χ2n) is 4.07. The summed E-state index contributed by atoms with van der Waals surface area (Å²) in [5.41, 5.74) is 1.01. The first kappa shape index (κ1) is 14.1. The average Bonchev–Trinajstić information content (AvgIpc) is 2.99. The first-order valence-corrected chi connectivity index (χ1v) is 6.82. The van der Waals surface area contributed by atoms with Crippen molar-refractivity contribution in [3.63, 3.8) is 0 Å². The quantitative estimate of drug-likeness (QED) is 0.700. The molecule has 2 N–H and O–H groups in total. The molecule has 0 amide bonds. The number of pyridine rings is 1. The largest absolute Gasteiger partial charge is 0.321 e. The predicted octanol–water partition coefficient (Wildman–Crippen LogP) is 3.18. The Hall–Kier alpha value is -1.89. The molecule has 0 bridgehead atoms. The van der Waals surface area contributed by atoms with Crippen LogP contribution in [0.5, 0.6) is 0 Å². The fourth-order valence-corrected chi connectivity index (χ4v) is 2.45. The summed E-state index contributed by atoms with van der Waals surface area (Å²) in [5, 5.41) is 14.1. The topological polar surface area (TPSA) is 87.3 Å². The maximum atomic E-state index is 12.1. The average molecular weight is 343 g/mol. The number of H-pyrrole nitrogens is 2. The van der Waals surface area contributed by atoms with Gasteiger partial charge in [-0.15, -0.1) is 10.2 Å². The molecule has 106 valence electrons. The summed E-state index contributed by atoms with van der Waals surface area (Å²) in [6.45, 7) is 0. The van der Waals surface area contributed by atoms with Crippen molar-refractivity contribution in [3.8, 4) is 22.6 Å². The maximum Gasteiger partial charge on any atom is 0.259 e. The van der Waals surface area contributed by atoms with Gasteiger partial charge in [0.2, 0.25) is 5.82 Å². The summed E-state index contributed by atoms with van der Waals surface area (Å²) in [5.74, 6) is 0.211. The molecule has 0 atom stereocenters. The van der Waals surface area contributed by atoms with Gasteiger partial charge in [-0.3, -0.25) is 4.79 Å². The molecule has 3 rings (SSSR count). The lowest BCUT2D eigenvalue weighted by atomic mass is 10.1. The van der Waals surface area contributed by atoms with E-state index in [0.29, 0.717) is 21.8 Å². The monoisotopic (exact) mass is 341 g/mol. The van der Waals surface area contributed by atoms with E-state index < -0.39 is 0 Å². The zero-order valence-corrected chi connectivity index (χ0v) is 12.5. The minimum atomic E-state index is -0.365. The van der Waals surface area contributed by atoms with E-state index in [4.69, 9.17) is 34.8 Å². The second kappa shape index (κ2) is 5.48. The van der Waals surface area contributed by atoms with Crippen LogP contribution in [0.3, 0.4) is 0 Å². The SMILES string of the molecule is O=c1[nH]c(-c2ccc(Cl)c(Cl)c2Cl)ccc1-c1nn[nH]n1. The Bertz CT molecular complexity index is 860. The van der Waals surface area contributed by atoms with Gasteiger partial charge in [0.15, 0.2) is 0 Å². The molecule has 0 radical (unpaired) electrons. The number of halogens is 3. The summed E-state index contributed by atoms with van der Waals surface area (Å²) in [6.07, 6.45) is 0. The zero-order chi connectivity index (χ0) is 15.0. The molecule has 0 spiro atoms. The van der Waals surface area contributed by atoms with Gasteiger partial charge in [-0.05, 0) is 29.5 Å². The number of hydrogen-bond acceptors (Lipinski definition) is 4. The van der Waals surface area contributed by atoms with Crippen molar-refractivity contribution in [1.29, 1.82) is 0 Å². The van der Waals surface area contributed by atoms with E-state index in [-0.39, 0.29) is 21.4 Å². The minimum absolute atomic E-state index is 0.211. The van der Waals surface area contributed by atoms with Crippen LogP contribution in [0.1, 0.15) is 0 Å². The van der Waals surface area contributed by atoms with Crippen LogP contribution in [0, 0.1) is 0 Å². The third-order valence-electron chi connectivity index (χ3n) is 2.82. The van der Waals surface area contributed by atoms with Crippen LogP contribution in [-0.4, -0.2) is 25.6 Å². The van der Waals surface area contributed by atoms with Gasteiger partial charge < -0.3 is 4.98 Å². The highest BCUT2D eigenvalue weighted by Crippen LogP contribution is 2.37. The third-order valence-corrected chi connectivity index (χ3v) is 4.11. The molecule has 0 unspecified atom stereocenters. The summed E-state index contributed by atoms with van der Waals surface area (Å²) < 4.78 is 0. The lowest BCUT2D eigenvalue weighted by molar-refractivity contribution is 0.881. The van der Waals surface area contributed by atoms with Crippen molar-refractivity contribution in [2.45, 2.75) is 0 Å². The first-order valence-electron chi connectivity index (χ1n) is 5.69. The molecule has 21 heavy (non-hydrogen) atoms. The summed E-state index contributed by atoms with van der Waals surface area (Å²) in [7, 11) is 0. The van der Waals surface area contributed by atoms with Crippen molar-refractivity contribution in [2.75, 3.05) is 0 Å². The Kier molecular flexibility index (Phi) is 3.67. The van der Waals surface area contributed by atoms with Gasteiger partial charge in [-0.2, -0.15) is 5.21 Å². The number of nitrogens with one attached hydrogen (secondary N) is 2. The fourth-order valence-electron chi connectivity index (χ4n) is 1.82. The highest BCUT2D eigenvalue weighted by Gasteiger charge is 2.13. The fraction of sp³-hybridized carbons (Fsp3) is 0. The molecule has 9 heteroatoms. The van der Waals surface area contributed by atoms with Gasteiger partial charge in [0, 0.05) is 11.3 Å². The smallest absolute Gasteiger partial charge is 0.259 e. The van der Waals surface area contributed by atoms with E-state index in [9.17, 15) is 4.79 Å². The highest BCUT2D eigenvalue weighted by atomic mass is 35.5. The van der Waals surface area contributed by atoms with Crippen molar-refractivity contribution in [2.24, 2.45) is 0 Å². The van der Waals surface area contributed by atoms with Crippen molar-refractivity contribution < 1.29 is 0 Å². The van der Waals surface area contributed by atoms with E-state index in [1.165, 1.54) is 0 Å². The number of hydrogen-bond donors (Lipinski definition) is 2. The van der Waals surface area contributed by atoms with Gasteiger partial charge in [-0.25, -0.2) is 0 Å². The molecule has 0 saturated heterocycles. The number of aromatic nitrogens is 5. The summed E-state index contributed by atoms with van der Waals surface area (Å²) in [4.78, 5) is 14.8. The van der Waals surface area contributed by atoms with Crippen LogP contribution in [0.25, 0.3) is 22.6 Å². The molecular formula is C12H6Cl3N5O. The van der Waals surface area contributed by atoms with E-state index in [0.717, 1.165) is 0 Å². The zero-order valence-electron chi connectivity index (χ0n) is 10.2. The van der Waals surface area contributed by atoms with E-state index >= 15 is 0 Å². The molecule has 0 aliphatic carbocycles. The van der Waals surface area contributed by atoms with E-state index in [1.54, 1.807) is 24.3 Å². The van der Waals surface area contributed by atoms with Gasteiger partial charge in [-0.1, -0.05) is 34.8 Å². The molecule has 0 aliphatic heterocycles. The predicted molar refractivity (Wildman–Crippen MR) is 80.7 cm³/mol. The van der Waals surface area contributed by atoms with Crippen molar-refractivity contribution in [3.05, 3.63) is 49.7 Å². The van der Waals surface area contributed by atoms with Crippen LogP contribution in [0.4, 0.5) is 0 Å². The molecule has 3 aromatic rings. The lowest BCUT2D eigenvalue weighted by Gasteiger charge is -2.07. The molecular weight excluding hydrogens is 337 g/mol. The summed E-state index contributed by atoms with van der Waals surface area (Å²) >= 11 is 18.0.